The highest BCUT2D eigenvalue weighted by Gasteiger charge is 2.28. The predicted octanol–water partition coefficient (Wildman–Crippen LogP) is 3.43. The summed E-state index contributed by atoms with van der Waals surface area (Å²) in [6.45, 7) is 3.33. The Morgan fingerprint density at radius 1 is 1.32 bits per heavy atom. The number of pyridine rings is 1. The average molecular weight is 338 g/mol. The third kappa shape index (κ3) is 3.12. The second kappa shape index (κ2) is 6.27. The first-order chi connectivity index (χ1) is 12.1. The summed E-state index contributed by atoms with van der Waals surface area (Å²) < 4.78 is 13.0. The molecule has 0 unspecified atom stereocenters. The lowest BCUT2D eigenvalue weighted by atomic mass is 9.97. The average Bonchev–Trinajstić information content (AvgIpc) is 3.05. The monoisotopic (exact) mass is 338 g/mol. The number of amides is 1. The molecule has 3 heterocycles. The van der Waals surface area contributed by atoms with Gasteiger partial charge in [0.05, 0.1) is 17.2 Å². The number of likely N-dealkylation sites (tertiary alicyclic amines) is 1. The molecule has 25 heavy (non-hydrogen) atoms. The van der Waals surface area contributed by atoms with Crippen LogP contribution in [-0.4, -0.2) is 38.8 Å². The summed E-state index contributed by atoms with van der Waals surface area (Å²) >= 11 is 0. The van der Waals surface area contributed by atoms with E-state index in [0.717, 1.165) is 35.9 Å². The summed E-state index contributed by atoms with van der Waals surface area (Å²) in [7, 11) is 0. The highest BCUT2D eigenvalue weighted by atomic mass is 19.1. The number of H-pyrrole nitrogens is 1. The molecule has 5 nitrogen and oxygen atoms in total. The number of halogens is 1. The molecule has 1 aromatic carbocycles. The lowest BCUT2D eigenvalue weighted by Crippen LogP contribution is -2.39. The number of carbonyl (C=O) groups is 1. The summed E-state index contributed by atoms with van der Waals surface area (Å²) in [5.41, 5.74) is 3.44. The molecule has 0 bridgehead atoms. The Morgan fingerprint density at radius 2 is 2.20 bits per heavy atom. The van der Waals surface area contributed by atoms with Crippen LogP contribution in [0.1, 0.15) is 40.6 Å². The van der Waals surface area contributed by atoms with Crippen LogP contribution in [0.5, 0.6) is 0 Å². The number of aromatic nitrogens is 3. The van der Waals surface area contributed by atoms with Gasteiger partial charge in [0.2, 0.25) is 0 Å². The molecule has 1 fully saturated rings. The Kier molecular flexibility index (Phi) is 3.95. The van der Waals surface area contributed by atoms with Crippen LogP contribution >= 0.6 is 0 Å². The fourth-order valence-corrected chi connectivity index (χ4v) is 3.39. The molecular weight excluding hydrogens is 319 g/mol. The van der Waals surface area contributed by atoms with Crippen LogP contribution in [0.3, 0.4) is 0 Å². The third-order valence-electron chi connectivity index (χ3n) is 4.70. The lowest BCUT2D eigenvalue weighted by molar-refractivity contribution is 0.0699. The molecule has 4 rings (SSSR count). The SMILES string of the molecule is Cc1ccc2nc([C@H]3CCCN(C(=O)c4ccc(F)cn4)C3)[nH]c2c1. The van der Waals surface area contributed by atoms with Gasteiger partial charge in [-0.3, -0.25) is 4.79 Å². The molecule has 128 valence electrons. The summed E-state index contributed by atoms with van der Waals surface area (Å²) in [6.07, 6.45) is 2.98. The van der Waals surface area contributed by atoms with E-state index < -0.39 is 5.82 Å². The first kappa shape index (κ1) is 15.7. The van der Waals surface area contributed by atoms with E-state index in [1.807, 2.05) is 12.1 Å². The summed E-state index contributed by atoms with van der Waals surface area (Å²) in [6, 6.07) is 8.84. The Morgan fingerprint density at radius 3 is 3.00 bits per heavy atom. The number of carbonyl (C=O) groups excluding carboxylic acids is 1. The lowest BCUT2D eigenvalue weighted by Gasteiger charge is -2.31. The number of aromatic amines is 1. The number of benzene rings is 1. The van der Waals surface area contributed by atoms with Crippen molar-refractivity contribution in [3.8, 4) is 0 Å². The Hall–Kier alpha value is -2.76. The minimum Gasteiger partial charge on any atom is -0.342 e. The molecule has 1 saturated heterocycles. The van der Waals surface area contributed by atoms with Crippen molar-refractivity contribution in [1.29, 1.82) is 0 Å². The molecule has 6 heteroatoms. The number of rotatable bonds is 2. The van der Waals surface area contributed by atoms with Gasteiger partial charge >= 0.3 is 0 Å². The van der Waals surface area contributed by atoms with E-state index >= 15 is 0 Å². The molecule has 1 aliphatic heterocycles. The number of fused-ring (bicyclic) bond motifs is 1. The first-order valence-corrected chi connectivity index (χ1v) is 8.47. The van der Waals surface area contributed by atoms with Gasteiger partial charge in [0.15, 0.2) is 0 Å². The van der Waals surface area contributed by atoms with Gasteiger partial charge in [0, 0.05) is 19.0 Å². The van der Waals surface area contributed by atoms with E-state index in [1.165, 1.54) is 17.7 Å². The van der Waals surface area contributed by atoms with E-state index in [1.54, 1.807) is 4.90 Å². The highest BCUT2D eigenvalue weighted by Crippen LogP contribution is 2.27. The number of imidazole rings is 1. The molecule has 2 aromatic heterocycles. The van der Waals surface area contributed by atoms with Crippen molar-refractivity contribution in [2.24, 2.45) is 0 Å². The summed E-state index contributed by atoms with van der Waals surface area (Å²) in [5, 5.41) is 0. The van der Waals surface area contributed by atoms with Gasteiger partial charge in [-0.25, -0.2) is 14.4 Å². The molecule has 0 radical (unpaired) electrons. The van der Waals surface area contributed by atoms with Crippen molar-refractivity contribution in [3.63, 3.8) is 0 Å². The maximum Gasteiger partial charge on any atom is 0.272 e. The van der Waals surface area contributed by atoms with Crippen molar-refractivity contribution in [3.05, 3.63) is 59.4 Å². The molecule has 1 amide bonds. The van der Waals surface area contributed by atoms with Crippen LogP contribution in [0.2, 0.25) is 0 Å². The standard InChI is InChI=1S/C19H19FN4O/c1-12-4-6-15-17(9-12)23-18(22-15)13-3-2-8-24(11-13)19(25)16-7-5-14(20)10-21-16/h4-7,9-10,13H,2-3,8,11H2,1H3,(H,22,23)/t13-/m0/s1. The van der Waals surface area contributed by atoms with Crippen LogP contribution in [0.25, 0.3) is 11.0 Å². The number of nitrogens with one attached hydrogen (secondary N) is 1. The molecule has 1 N–H and O–H groups in total. The third-order valence-corrected chi connectivity index (χ3v) is 4.70. The highest BCUT2D eigenvalue weighted by molar-refractivity contribution is 5.92. The van der Waals surface area contributed by atoms with Crippen LogP contribution in [0.4, 0.5) is 4.39 Å². The van der Waals surface area contributed by atoms with Crippen molar-refractivity contribution >= 4 is 16.9 Å². The van der Waals surface area contributed by atoms with Gasteiger partial charge in [-0.2, -0.15) is 0 Å². The van der Waals surface area contributed by atoms with Gasteiger partial charge < -0.3 is 9.88 Å². The zero-order valence-electron chi connectivity index (χ0n) is 14.0. The second-order valence-electron chi connectivity index (χ2n) is 6.59. The smallest absolute Gasteiger partial charge is 0.272 e. The molecule has 3 aromatic rings. The topological polar surface area (TPSA) is 61.9 Å². The zero-order valence-corrected chi connectivity index (χ0v) is 14.0. The molecular formula is C19H19FN4O. The maximum atomic E-state index is 13.0. The number of hydrogen-bond donors (Lipinski definition) is 1. The van der Waals surface area contributed by atoms with E-state index in [9.17, 15) is 9.18 Å². The largest absolute Gasteiger partial charge is 0.342 e. The van der Waals surface area contributed by atoms with Gasteiger partial charge in [-0.05, 0) is 49.6 Å². The minimum absolute atomic E-state index is 0.156. The number of piperidine rings is 1. The minimum atomic E-state index is -0.439. The fraction of sp³-hybridized carbons (Fsp3) is 0.316. The fourth-order valence-electron chi connectivity index (χ4n) is 3.39. The van der Waals surface area contributed by atoms with E-state index in [2.05, 4.69) is 23.0 Å². The van der Waals surface area contributed by atoms with Crippen molar-refractivity contribution in [2.75, 3.05) is 13.1 Å². The summed E-state index contributed by atoms with van der Waals surface area (Å²) in [5.74, 6) is 0.498. The second-order valence-corrected chi connectivity index (χ2v) is 6.59. The van der Waals surface area contributed by atoms with E-state index in [-0.39, 0.29) is 17.5 Å². The van der Waals surface area contributed by atoms with Crippen LogP contribution in [0, 0.1) is 12.7 Å². The van der Waals surface area contributed by atoms with Crippen LogP contribution in [-0.2, 0) is 0 Å². The normalized spacial score (nSPS) is 17.8. The Balaban J connectivity index is 1.55. The molecule has 0 aliphatic carbocycles. The van der Waals surface area contributed by atoms with Gasteiger partial charge in [-0.1, -0.05) is 6.07 Å². The van der Waals surface area contributed by atoms with Gasteiger partial charge in [0.25, 0.3) is 5.91 Å². The number of hydrogen-bond acceptors (Lipinski definition) is 3. The van der Waals surface area contributed by atoms with Crippen molar-refractivity contribution in [1.82, 2.24) is 19.9 Å². The molecule has 1 aliphatic rings. The van der Waals surface area contributed by atoms with E-state index in [0.29, 0.717) is 13.1 Å². The maximum absolute atomic E-state index is 13.0. The quantitative estimate of drug-likeness (QED) is 0.779. The molecule has 0 saturated carbocycles. The van der Waals surface area contributed by atoms with Crippen LogP contribution < -0.4 is 0 Å². The van der Waals surface area contributed by atoms with Crippen molar-refractivity contribution < 1.29 is 9.18 Å². The van der Waals surface area contributed by atoms with E-state index in [4.69, 9.17) is 4.98 Å². The zero-order chi connectivity index (χ0) is 17.4. The Labute approximate surface area is 144 Å². The number of aryl methyl sites for hydroxylation is 1. The summed E-state index contributed by atoms with van der Waals surface area (Å²) in [4.78, 5) is 26.4. The van der Waals surface area contributed by atoms with Crippen LogP contribution in [0.15, 0.2) is 36.5 Å². The van der Waals surface area contributed by atoms with Crippen molar-refractivity contribution in [2.45, 2.75) is 25.7 Å². The first-order valence-electron chi connectivity index (χ1n) is 8.47. The Bertz CT molecular complexity index is 919. The van der Waals surface area contributed by atoms with Gasteiger partial charge in [0.1, 0.15) is 17.3 Å². The van der Waals surface area contributed by atoms with Gasteiger partial charge in [-0.15, -0.1) is 0 Å². The predicted molar refractivity (Wildman–Crippen MR) is 92.9 cm³/mol. The molecule has 1 atom stereocenters. The molecule has 0 spiro atoms. The number of nitrogens with zero attached hydrogens (tertiary/aromatic N) is 3.